The van der Waals surface area contributed by atoms with Crippen LogP contribution in [0.5, 0.6) is 0 Å². The maximum absolute atomic E-state index is 13.0. The number of β-amino-alcohol motifs (C(OH)–C–C–N with tert-alkyl or cyclic N) is 1. The van der Waals surface area contributed by atoms with Crippen LogP contribution in [0, 0.1) is 11.8 Å². The Morgan fingerprint density at radius 2 is 1.81 bits per heavy atom. The first-order chi connectivity index (χ1) is 12.5. The van der Waals surface area contributed by atoms with E-state index in [0.717, 1.165) is 45.4 Å². The fourth-order valence-electron chi connectivity index (χ4n) is 4.93. The second kappa shape index (κ2) is 8.70. The third-order valence-corrected chi connectivity index (χ3v) is 6.51. The van der Waals surface area contributed by atoms with E-state index in [-0.39, 0.29) is 17.8 Å². The van der Waals surface area contributed by atoms with Crippen LogP contribution in [0.1, 0.15) is 57.8 Å². The molecule has 3 aliphatic rings. The second-order valence-electron chi connectivity index (χ2n) is 8.46. The molecule has 1 aliphatic carbocycles. The smallest absolute Gasteiger partial charge is 0.308 e. The van der Waals surface area contributed by atoms with Crippen molar-refractivity contribution in [2.75, 3.05) is 39.8 Å². The average Bonchev–Trinajstić information content (AvgIpc) is 2.66. The minimum absolute atomic E-state index is 0.0456. The molecule has 2 aliphatic heterocycles. The van der Waals surface area contributed by atoms with Crippen molar-refractivity contribution in [3.8, 4) is 0 Å². The number of hydrogen-bond donors (Lipinski definition) is 1. The van der Waals surface area contributed by atoms with Crippen LogP contribution in [-0.2, 0) is 14.3 Å². The summed E-state index contributed by atoms with van der Waals surface area (Å²) in [4.78, 5) is 28.7. The van der Waals surface area contributed by atoms with Crippen LogP contribution >= 0.6 is 0 Å². The zero-order chi connectivity index (χ0) is 18.6. The highest BCUT2D eigenvalue weighted by atomic mass is 16.5. The van der Waals surface area contributed by atoms with Crippen molar-refractivity contribution in [1.29, 1.82) is 0 Å². The lowest BCUT2D eigenvalue weighted by atomic mass is 9.86. The van der Waals surface area contributed by atoms with Gasteiger partial charge in [0.15, 0.2) is 5.60 Å². The first-order valence-electron chi connectivity index (χ1n) is 10.3. The maximum Gasteiger partial charge on any atom is 0.308 e. The molecule has 0 spiro atoms. The molecule has 1 atom stereocenters. The Balaban J connectivity index is 1.53. The third kappa shape index (κ3) is 4.58. The molecule has 3 fully saturated rings. The van der Waals surface area contributed by atoms with E-state index >= 15 is 0 Å². The summed E-state index contributed by atoms with van der Waals surface area (Å²) in [5, 5.41) is 11.1. The van der Waals surface area contributed by atoms with Gasteiger partial charge in [-0.2, -0.15) is 0 Å². The largest absolute Gasteiger partial charge is 0.469 e. The highest BCUT2D eigenvalue weighted by Crippen LogP contribution is 2.30. The Bertz CT molecular complexity index is 498. The van der Waals surface area contributed by atoms with Gasteiger partial charge in [-0.15, -0.1) is 0 Å². The van der Waals surface area contributed by atoms with Crippen LogP contribution in [0.4, 0.5) is 0 Å². The molecule has 6 nitrogen and oxygen atoms in total. The van der Waals surface area contributed by atoms with Crippen LogP contribution in [-0.4, -0.2) is 72.2 Å². The summed E-state index contributed by atoms with van der Waals surface area (Å²) in [7, 11) is 1.43. The molecule has 1 saturated carbocycles. The van der Waals surface area contributed by atoms with Crippen LogP contribution in [0.15, 0.2) is 0 Å². The molecule has 0 radical (unpaired) electrons. The van der Waals surface area contributed by atoms with Gasteiger partial charge in [-0.25, -0.2) is 0 Å². The first kappa shape index (κ1) is 19.6. The number of carbonyl (C=O) groups excluding carboxylic acids is 2. The summed E-state index contributed by atoms with van der Waals surface area (Å²) in [6, 6.07) is 0. The van der Waals surface area contributed by atoms with Crippen molar-refractivity contribution < 1.29 is 19.4 Å². The van der Waals surface area contributed by atoms with E-state index < -0.39 is 5.60 Å². The molecule has 26 heavy (non-hydrogen) atoms. The van der Waals surface area contributed by atoms with Crippen molar-refractivity contribution in [3.63, 3.8) is 0 Å². The molecule has 0 aromatic heterocycles. The molecule has 3 rings (SSSR count). The van der Waals surface area contributed by atoms with Gasteiger partial charge in [-0.3, -0.25) is 14.5 Å². The topological polar surface area (TPSA) is 70.1 Å². The van der Waals surface area contributed by atoms with E-state index in [2.05, 4.69) is 4.90 Å². The van der Waals surface area contributed by atoms with Crippen LogP contribution < -0.4 is 0 Å². The lowest BCUT2D eigenvalue weighted by Crippen LogP contribution is -2.60. The number of esters is 1. The van der Waals surface area contributed by atoms with Gasteiger partial charge in [-0.1, -0.05) is 19.3 Å². The van der Waals surface area contributed by atoms with Crippen molar-refractivity contribution in [2.45, 2.75) is 63.4 Å². The molecule has 1 N–H and O–H groups in total. The van der Waals surface area contributed by atoms with Gasteiger partial charge in [0.1, 0.15) is 0 Å². The highest BCUT2D eigenvalue weighted by Gasteiger charge is 2.44. The fraction of sp³-hybridized carbons (Fsp3) is 0.900. The second-order valence-corrected chi connectivity index (χ2v) is 8.46. The molecule has 0 aromatic rings. The molecule has 0 aromatic carbocycles. The summed E-state index contributed by atoms with van der Waals surface area (Å²) < 4.78 is 4.83. The summed E-state index contributed by atoms with van der Waals surface area (Å²) >= 11 is 0. The van der Waals surface area contributed by atoms with Crippen molar-refractivity contribution in [2.24, 2.45) is 11.8 Å². The van der Waals surface area contributed by atoms with Crippen LogP contribution in [0.25, 0.3) is 0 Å². The summed E-state index contributed by atoms with van der Waals surface area (Å²) in [5.74, 6) is 0.335. The third-order valence-electron chi connectivity index (χ3n) is 6.51. The predicted molar refractivity (Wildman–Crippen MR) is 98.5 cm³/mol. The Morgan fingerprint density at radius 3 is 2.46 bits per heavy atom. The van der Waals surface area contributed by atoms with Gasteiger partial charge in [0.2, 0.25) is 0 Å². The van der Waals surface area contributed by atoms with Crippen LogP contribution in [0.2, 0.25) is 0 Å². The SMILES string of the molecule is COC(=O)C1CCN(CC2(O)CCCN(CC3CCCCC3)C2=O)CC1. The van der Waals surface area contributed by atoms with E-state index in [1.54, 1.807) is 0 Å². The molecule has 1 unspecified atom stereocenters. The Hall–Kier alpha value is -1.14. The molecule has 0 bridgehead atoms. The normalized spacial score (nSPS) is 29.8. The predicted octanol–water partition coefficient (Wildman–Crippen LogP) is 1.81. The minimum Gasteiger partial charge on any atom is -0.469 e. The van der Waals surface area contributed by atoms with Crippen molar-refractivity contribution in [3.05, 3.63) is 0 Å². The van der Waals surface area contributed by atoms with Gasteiger partial charge in [-0.05, 0) is 57.5 Å². The van der Waals surface area contributed by atoms with E-state index in [0.29, 0.717) is 18.9 Å². The maximum atomic E-state index is 13.0. The first-order valence-corrected chi connectivity index (χ1v) is 10.3. The van der Waals surface area contributed by atoms with E-state index in [1.807, 2.05) is 4.90 Å². The molecule has 2 heterocycles. The van der Waals surface area contributed by atoms with E-state index in [4.69, 9.17) is 4.74 Å². The molecule has 6 heteroatoms. The Labute approximate surface area is 156 Å². The number of carbonyl (C=O) groups is 2. The van der Waals surface area contributed by atoms with Crippen molar-refractivity contribution >= 4 is 11.9 Å². The summed E-state index contributed by atoms with van der Waals surface area (Å²) in [6.45, 7) is 3.45. The zero-order valence-electron chi connectivity index (χ0n) is 16.1. The summed E-state index contributed by atoms with van der Waals surface area (Å²) in [5.41, 5.74) is -1.26. The Morgan fingerprint density at radius 1 is 1.12 bits per heavy atom. The quantitative estimate of drug-likeness (QED) is 0.752. The zero-order valence-corrected chi connectivity index (χ0v) is 16.1. The number of aliphatic hydroxyl groups is 1. The molecular formula is C20H34N2O4. The molecule has 148 valence electrons. The number of rotatable bonds is 5. The molecular weight excluding hydrogens is 332 g/mol. The lowest BCUT2D eigenvalue weighted by molar-refractivity contribution is -0.161. The number of nitrogens with zero attached hydrogens (tertiary/aromatic N) is 2. The van der Waals surface area contributed by atoms with Gasteiger partial charge in [0, 0.05) is 19.6 Å². The standard InChI is InChI=1S/C20H34N2O4/c1-26-18(23)17-8-12-21(13-9-17)15-20(25)10-5-11-22(19(20)24)14-16-6-3-2-4-7-16/h16-17,25H,2-15H2,1H3. The molecule has 1 amide bonds. The average molecular weight is 367 g/mol. The molecule has 2 saturated heterocycles. The van der Waals surface area contributed by atoms with Gasteiger partial charge in [0.05, 0.1) is 13.0 Å². The number of hydrogen-bond acceptors (Lipinski definition) is 5. The van der Waals surface area contributed by atoms with Gasteiger partial charge >= 0.3 is 5.97 Å². The van der Waals surface area contributed by atoms with Gasteiger partial charge in [0.25, 0.3) is 5.91 Å². The number of ether oxygens (including phenoxy) is 1. The minimum atomic E-state index is -1.26. The lowest BCUT2D eigenvalue weighted by Gasteiger charge is -2.43. The fourth-order valence-corrected chi connectivity index (χ4v) is 4.93. The van der Waals surface area contributed by atoms with E-state index in [9.17, 15) is 14.7 Å². The number of methoxy groups -OCH3 is 1. The van der Waals surface area contributed by atoms with Crippen LogP contribution in [0.3, 0.4) is 0 Å². The number of likely N-dealkylation sites (tertiary alicyclic amines) is 2. The van der Waals surface area contributed by atoms with Gasteiger partial charge < -0.3 is 14.7 Å². The van der Waals surface area contributed by atoms with Crippen molar-refractivity contribution in [1.82, 2.24) is 9.80 Å². The summed E-state index contributed by atoms with van der Waals surface area (Å²) in [6.07, 6.45) is 9.17. The number of piperidine rings is 2. The highest BCUT2D eigenvalue weighted by molar-refractivity contribution is 5.86. The monoisotopic (exact) mass is 366 g/mol. The number of amides is 1. The van der Waals surface area contributed by atoms with E-state index in [1.165, 1.54) is 39.2 Å². The Kier molecular flexibility index (Phi) is 6.56.